The number of benzene rings is 1. The minimum absolute atomic E-state index is 0.0501. The molecule has 0 aliphatic carbocycles. The number of nitro benzene ring substituents is 1. The lowest BCUT2D eigenvalue weighted by Gasteiger charge is -2.36. The normalized spacial score (nSPS) is 18.3. The smallest absolute Gasteiger partial charge is 0.344 e. The minimum atomic E-state index is -2.15. The number of fused-ring (bicyclic) bond motifs is 1. The first-order valence-corrected chi connectivity index (χ1v) is 10.2. The maximum atomic E-state index is 13.7. The first-order chi connectivity index (χ1) is 15.3. The summed E-state index contributed by atoms with van der Waals surface area (Å²) in [7, 11) is 0. The highest BCUT2D eigenvalue weighted by Gasteiger charge is 2.62. The van der Waals surface area contributed by atoms with Gasteiger partial charge in [-0.1, -0.05) is 0 Å². The Hall–Kier alpha value is -3.41. The van der Waals surface area contributed by atoms with Crippen LogP contribution in [-0.4, -0.2) is 66.0 Å². The van der Waals surface area contributed by atoms with Crippen molar-refractivity contribution in [2.24, 2.45) is 0 Å². The monoisotopic (exact) mass is 452 g/mol. The summed E-state index contributed by atoms with van der Waals surface area (Å²) in [6.07, 6.45) is -1.01. The Kier molecular flexibility index (Phi) is 6.82. The van der Waals surface area contributed by atoms with Crippen LogP contribution in [0.4, 0.5) is 5.69 Å². The topological polar surface area (TPSA) is 144 Å². The van der Waals surface area contributed by atoms with Crippen molar-refractivity contribution in [3.05, 3.63) is 27.8 Å². The van der Waals surface area contributed by atoms with Crippen molar-refractivity contribution < 1.29 is 43.0 Å². The molecular weight excluding hydrogens is 428 g/mol. The summed E-state index contributed by atoms with van der Waals surface area (Å²) < 4.78 is 26.3. The van der Waals surface area contributed by atoms with Gasteiger partial charge in [0, 0.05) is 12.7 Å². The standard InChI is InChI=1S/C20H24N2O10/c1-4-28-16-7-8-20(18(24)29-5-2,19(25)30-6-3)21(16)17(23)12-9-14-15(32-11-31-14)10-13(12)22(26)27/h9-10,16H,4-8,11H2,1-3H3. The van der Waals surface area contributed by atoms with Crippen LogP contribution in [0.5, 0.6) is 11.5 Å². The van der Waals surface area contributed by atoms with Crippen LogP contribution < -0.4 is 9.47 Å². The van der Waals surface area contributed by atoms with Crippen LogP contribution >= 0.6 is 0 Å². The first-order valence-electron chi connectivity index (χ1n) is 10.2. The van der Waals surface area contributed by atoms with Crippen molar-refractivity contribution in [3.63, 3.8) is 0 Å². The van der Waals surface area contributed by atoms with Gasteiger partial charge in [0.2, 0.25) is 12.3 Å². The molecule has 1 unspecified atom stereocenters. The van der Waals surface area contributed by atoms with Crippen LogP contribution in [0.15, 0.2) is 12.1 Å². The molecule has 1 atom stereocenters. The maximum Gasteiger partial charge on any atom is 0.344 e. The molecule has 2 aliphatic heterocycles. The fourth-order valence-corrected chi connectivity index (χ4v) is 3.85. The predicted molar refractivity (Wildman–Crippen MR) is 106 cm³/mol. The zero-order chi connectivity index (χ0) is 23.5. The van der Waals surface area contributed by atoms with Gasteiger partial charge in [-0.2, -0.15) is 0 Å². The second-order valence-corrected chi connectivity index (χ2v) is 6.90. The average Bonchev–Trinajstić information content (AvgIpc) is 3.37. The summed E-state index contributed by atoms with van der Waals surface area (Å²) in [6.45, 7) is 4.70. The van der Waals surface area contributed by atoms with Crippen molar-refractivity contribution >= 4 is 23.5 Å². The van der Waals surface area contributed by atoms with Crippen LogP contribution in [-0.2, 0) is 23.8 Å². The minimum Gasteiger partial charge on any atom is -0.464 e. The summed E-state index contributed by atoms with van der Waals surface area (Å²) in [5.41, 5.74) is -3.10. The van der Waals surface area contributed by atoms with Gasteiger partial charge in [0.25, 0.3) is 11.6 Å². The molecule has 3 rings (SSSR count). The molecule has 1 aromatic carbocycles. The molecule has 32 heavy (non-hydrogen) atoms. The molecule has 12 nitrogen and oxygen atoms in total. The molecule has 174 valence electrons. The Balaban J connectivity index is 2.17. The summed E-state index contributed by atoms with van der Waals surface area (Å²) in [5, 5.41) is 11.7. The lowest BCUT2D eigenvalue weighted by atomic mass is 9.95. The van der Waals surface area contributed by atoms with Gasteiger partial charge in [0.1, 0.15) is 11.8 Å². The number of carbonyl (C=O) groups excluding carboxylic acids is 3. The third-order valence-corrected chi connectivity index (χ3v) is 5.17. The fraction of sp³-hybridized carbons (Fsp3) is 0.550. The van der Waals surface area contributed by atoms with Gasteiger partial charge in [0.05, 0.1) is 24.2 Å². The maximum absolute atomic E-state index is 13.7. The van der Waals surface area contributed by atoms with E-state index in [1.54, 1.807) is 20.8 Å². The largest absolute Gasteiger partial charge is 0.464 e. The molecule has 12 heteroatoms. The Morgan fingerprint density at radius 1 is 1.09 bits per heavy atom. The number of amides is 1. The summed E-state index contributed by atoms with van der Waals surface area (Å²) in [5.74, 6) is -2.70. The molecule has 1 aromatic rings. The molecule has 2 aliphatic rings. The van der Waals surface area contributed by atoms with E-state index >= 15 is 0 Å². The lowest BCUT2D eigenvalue weighted by Crippen LogP contribution is -2.62. The van der Waals surface area contributed by atoms with E-state index in [0.29, 0.717) is 0 Å². The van der Waals surface area contributed by atoms with E-state index in [-0.39, 0.29) is 56.5 Å². The van der Waals surface area contributed by atoms with Crippen LogP contribution in [0.1, 0.15) is 44.0 Å². The SMILES string of the molecule is CCOC(=O)C1(C(=O)OCC)CCC(OCC)N1C(=O)c1cc2c(cc1[N+](=O)[O-])OCO2. The third-order valence-electron chi connectivity index (χ3n) is 5.17. The summed E-state index contributed by atoms with van der Waals surface area (Å²) in [6, 6.07) is 2.23. The highest BCUT2D eigenvalue weighted by Crippen LogP contribution is 2.42. The molecule has 2 heterocycles. The summed E-state index contributed by atoms with van der Waals surface area (Å²) >= 11 is 0. The number of esters is 2. The molecule has 0 saturated carbocycles. The number of likely N-dealkylation sites (tertiary alicyclic amines) is 1. The molecule has 0 N–H and O–H groups in total. The van der Waals surface area contributed by atoms with E-state index < -0.39 is 40.2 Å². The Morgan fingerprint density at radius 2 is 1.69 bits per heavy atom. The molecule has 0 radical (unpaired) electrons. The van der Waals surface area contributed by atoms with Gasteiger partial charge in [-0.05, 0) is 33.6 Å². The number of rotatable bonds is 8. The molecule has 0 bridgehead atoms. The zero-order valence-corrected chi connectivity index (χ0v) is 18.0. The van der Waals surface area contributed by atoms with E-state index in [2.05, 4.69) is 0 Å². The number of nitro groups is 1. The van der Waals surface area contributed by atoms with E-state index in [4.69, 9.17) is 23.7 Å². The Morgan fingerprint density at radius 3 is 2.22 bits per heavy atom. The van der Waals surface area contributed by atoms with Gasteiger partial charge in [-0.3, -0.25) is 19.8 Å². The second-order valence-electron chi connectivity index (χ2n) is 6.90. The van der Waals surface area contributed by atoms with Crippen molar-refractivity contribution in [3.8, 4) is 11.5 Å². The van der Waals surface area contributed by atoms with Gasteiger partial charge < -0.3 is 23.7 Å². The fourth-order valence-electron chi connectivity index (χ4n) is 3.85. The van der Waals surface area contributed by atoms with Gasteiger partial charge in [-0.15, -0.1) is 0 Å². The number of hydrogen-bond acceptors (Lipinski definition) is 10. The Labute approximate surface area is 183 Å². The van der Waals surface area contributed by atoms with E-state index in [0.717, 1.165) is 17.0 Å². The molecule has 0 spiro atoms. The number of carbonyl (C=O) groups is 3. The molecule has 1 fully saturated rings. The van der Waals surface area contributed by atoms with Crippen LogP contribution in [0.2, 0.25) is 0 Å². The van der Waals surface area contributed by atoms with Crippen molar-refractivity contribution in [1.29, 1.82) is 0 Å². The van der Waals surface area contributed by atoms with Crippen LogP contribution in [0.3, 0.4) is 0 Å². The van der Waals surface area contributed by atoms with E-state index in [1.165, 1.54) is 0 Å². The van der Waals surface area contributed by atoms with Crippen LogP contribution in [0, 0.1) is 10.1 Å². The predicted octanol–water partition coefficient (Wildman–Crippen LogP) is 1.79. The van der Waals surface area contributed by atoms with Gasteiger partial charge in [0.15, 0.2) is 11.5 Å². The molecule has 1 amide bonds. The highest BCUT2D eigenvalue weighted by molar-refractivity contribution is 6.11. The lowest BCUT2D eigenvalue weighted by molar-refractivity contribution is -0.385. The summed E-state index contributed by atoms with van der Waals surface area (Å²) in [4.78, 5) is 51.6. The molecule has 1 saturated heterocycles. The second kappa shape index (κ2) is 9.39. The average molecular weight is 452 g/mol. The zero-order valence-electron chi connectivity index (χ0n) is 18.0. The van der Waals surface area contributed by atoms with Crippen molar-refractivity contribution in [1.82, 2.24) is 4.90 Å². The van der Waals surface area contributed by atoms with E-state index in [9.17, 15) is 24.5 Å². The first kappa shape index (κ1) is 23.3. The highest BCUT2D eigenvalue weighted by atomic mass is 16.7. The molecular formula is C20H24N2O10. The van der Waals surface area contributed by atoms with Crippen LogP contribution in [0.25, 0.3) is 0 Å². The number of hydrogen-bond donors (Lipinski definition) is 0. The van der Waals surface area contributed by atoms with Gasteiger partial charge in [-0.25, -0.2) is 9.59 Å². The molecule has 0 aromatic heterocycles. The van der Waals surface area contributed by atoms with Crippen molar-refractivity contribution in [2.45, 2.75) is 45.4 Å². The van der Waals surface area contributed by atoms with E-state index in [1.807, 2.05) is 0 Å². The third kappa shape index (κ3) is 3.81. The number of nitrogens with zero attached hydrogens (tertiary/aromatic N) is 2. The van der Waals surface area contributed by atoms with Crippen molar-refractivity contribution in [2.75, 3.05) is 26.6 Å². The quantitative estimate of drug-likeness (QED) is 0.248. The van der Waals surface area contributed by atoms with Gasteiger partial charge >= 0.3 is 11.9 Å². The number of ether oxygens (including phenoxy) is 5. The Bertz CT molecular complexity index is 913.